The van der Waals surface area contributed by atoms with Crippen LogP contribution in [0, 0.1) is 0 Å². The van der Waals surface area contributed by atoms with Gasteiger partial charge in [0, 0.05) is 44.7 Å². The van der Waals surface area contributed by atoms with Gasteiger partial charge < -0.3 is 24.1 Å². The molecule has 1 N–H and O–H groups in total. The van der Waals surface area contributed by atoms with Crippen LogP contribution in [0.2, 0.25) is 0 Å². The summed E-state index contributed by atoms with van der Waals surface area (Å²) in [4.78, 5) is 31.5. The van der Waals surface area contributed by atoms with Crippen molar-refractivity contribution in [1.29, 1.82) is 0 Å². The zero-order valence-corrected chi connectivity index (χ0v) is 26.3. The molecule has 2 amide bonds. The molecule has 3 heterocycles. The summed E-state index contributed by atoms with van der Waals surface area (Å²) in [6.07, 6.45) is 2.54. The van der Waals surface area contributed by atoms with Gasteiger partial charge >= 0.3 is 0 Å². The number of nitrogens with zero attached hydrogens (tertiary/aromatic N) is 4. The summed E-state index contributed by atoms with van der Waals surface area (Å²) in [6.45, 7) is 5.96. The smallest absolute Gasteiger partial charge is 0.254 e. The van der Waals surface area contributed by atoms with Crippen molar-refractivity contribution in [2.75, 3.05) is 52.3 Å². The number of benzene rings is 2. The van der Waals surface area contributed by atoms with E-state index in [9.17, 15) is 18.0 Å². The number of thiazole rings is 1. The van der Waals surface area contributed by atoms with Gasteiger partial charge in [-0.25, -0.2) is 13.4 Å². The SMILES string of the molecule is CCCOCCCNC(=O)Cc1nnc(C(c2nc3ccc(-c4ccc(C(=O)N5CCOCC5)cc4)cc3s2)S(C)(=O)=O)o1. The number of hydrogen-bond acceptors (Lipinski definition) is 11. The fraction of sp³-hybridized carbons (Fsp3) is 0.433. The molecule has 0 saturated carbocycles. The Morgan fingerprint density at radius 3 is 2.55 bits per heavy atom. The summed E-state index contributed by atoms with van der Waals surface area (Å²) in [5.74, 6) is -0.444. The molecule has 234 valence electrons. The lowest BCUT2D eigenvalue weighted by Crippen LogP contribution is -2.40. The highest BCUT2D eigenvalue weighted by Gasteiger charge is 2.34. The maximum atomic E-state index is 12.9. The third-order valence-electron chi connectivity index (χ3n) is 6.98. The molecule has 1 unspecified atom stereocenters. The summed E-state index contributed by atoms with van der Waals surface area (Å²) in [7, 11) is -3.75. The van der Waals surface area contributed by atoms with E-state index in [4.69, 9.17) is 13.9 Å². The minimum Gasteiger partial charge on any atom is -0.423 e. The number of carbonyl (C=O) groups is 2. The van der Waals surface area contributed by atoms with E-state index in [1.165, 1.54) is 11.3 Å². The lowest BCUT2D eigenvalue weighted by molar-refractivity contribution is -0.120. The Morgan fingerprint density at radius 2 is 1.82 bits per heavy atom. The molecule has 1 saturated heterocycles. The molecule has 12 nitrogen and oxygen atoms in total. The molecule has 1 atom stereocenters. The van der Waals surface area contributed by atoms with E-state index in [-0.39, 0.29) is 35.0 Å². The van der Waals surface area contributed by atoms with Crippen molar-refractivity contribution in [2.45, 2.75) is 31.4 Å². The van der Waals surface area contributed by atoms with E-state index in [0.717, 1.165) is 28.5 Å². The van der Waals surface area contributed by atoms with Gasteiger partial charge in [-0.1, -0.05) is 25.1 Å². The first-order chi connectivity index (χ1) is 21.2. The second kappa shape index (κ2) is 14.4. The van der Waals surface area contributed by atoms with Crippen LogP contribution in [-0.2, 0) is 30.5 Å². The average Bonchev–Trinajstić information content (AvgIpc) is 3.64. The molecule has 0 radical (unpaired) electrons. The maximum absolute atomic E-state index is 12.9. The first-order valence-electron chi connectivity index (χ1n) is 14.5. The predicted octanol–water partition coefficient (Wildman–Crippen LogP) is 3.43. The Labute approximate surface area is 259 Å². The van der Waals surface area contributed by atoms with Crippen molar-refractivity contribution in [3.05, 3.63) is 64.8 Å². The first kappa shape index (κ1) is 31.7. The van der Waals surface area contributed by atoms with E-state index in [1.54, 1.807) is 4.90 Å². The number of carbonyl (C=O) groups excluding carboxylic acids is 2. The molecule has 2 aromatic carbocycles. The molecule has 4 aromatic rings. The molecule has 1 fully saturated rings. The van der Waals surface area contributed by atoms with Crippen LogP contribution in [0.5, 0.6) is 0 Å². The number of ether oxygens (including phenoxy) is 2. The largest absolute Gasteiger partial charge is 0.423 e. The van der Waals surface area contributed by atoms with E-state index in [2.05, 4.69) is 20.5 Å². The number of sulfone groups is 1. The van der Waals surface area contributed by atoms with Crippen molar-refractivity contribution in [1.82, 2.24) is 25.4 Å². The number of rotatable bonds is 13. The van der Waals surface area contributed by atoms with Crippen molar-refractivity contribution in [2.24, 2.45) is 0 Å². The summed E-state index contributed by atoms with van der Waals surface area (Å²) in [6, 6.07) is 13.1. The highest BCUT2D eigenvalue weighted by molar-refractivity contribution is 7.91. The number of hydrogen-bond donors (Lipinski definition) is 1. The Bertz CT molecular complexity index is 1700. The summed E-state index contributed by atoms with van der Waals surface area (Å²) >= 11 is 1.22. The van der Waals surface area contributed by atoms with Gasteiger partial charge in [0.1, 0.15) is 11.4 Å². The maximum Gasteiger partial charge on any atom is 0.254 e. The number of morpholine rings is 1. The second-order valence-corrected chi connectivity index (χ2v) is 13.6. The highest BCUT2D eigenvalue weighted by Crippen LogP contribution is 2.36. The van der Waals surface area contributed by atoms with Crippen molar-refractivity contribution in [3.63, 3.8) is 0 Å². The molecule has 44 heavy (non-hydrogen) atoms. The molecule has 1 aliphatic heterocycles. The zero-order valence-electron chi connectivity index (χ0n) is 24.7. The standard InChI is InChI=1S/C30H35N5O7S2/c1-3-14-40-15-4-11-31-25(36)19-26-33-34-28(42-26)27(44(2,38)39)29-32-23-10-9-22(18-24(23)43-29)20-5-7-21(8-6-20)30(37)35-12-16-41-17-13-35/h5-10,18,27H,3-4,11-17,19H2,1-2H3,(H,31,36). The van der Waals surface area contributed by atoms with Crippen LogP contribution in [0.25, 0.3) is 21.3 Å². The predicted molar refractivity (Wildman–Crippen MR) is 165 cm³/mol. The van der Waals surface area contributed by atoms with Gasteiger partial charge in [-0.3, -0.25) is 9.59 Å². The van der Waals surface area contributed by atoms with E-state index in [1.807, 2.05) is 49.4 Å². The molecule has 0 bridgehead atoms. The van der Waals surface area contributed by atoms with Crippen LogP contribution in [-0.4, -0.2) is 92.6 Å². The number of nitrogens with one attached hydrogen (secondary N) is 1. The average molecular weight is 642 g/mol. The van der Waals surface area contributed by atoms with Gasteiger partial charge in [0.2, 0.25) is 17.7 Å². The third kappa shape index (κ3) is 7.86. The Morgan fingerprint density at radius 1 is 1.07 bits per heavy atom. The van der Waals surface area contributed by atoms with Gasteiger partial charge in [-0.2, -0.15) is 0 Å². The molecule has 0 aliphatic carbocycles. The van der Waals surface area contributed by atoms with Crippen LogP contribution in [0.1, 0.15) is 52.2 Å². The van der Waals surface area contributed by atoms with Crippen LogP contribution in [0.15, 0.2) is 46.9 Å². The minimum atomic E-state index is -3.75. The Balaban J connectivity index is 1.29. The number of fused-ring (bicyclic) bond motifs is 1. The van der Waals surface area contributed by atoms with Gasteiger partial charge in [0.15, 0.2) is 15.1 Å². The second-order valence-electron chi connectivity index (χ2n) is 10.5. The third-order valence-corrected chi connectivity index (χ3v) is 9.49. The summed E-state index contributed by atoms with van der Waals surface area (Å²) in [5.41, 5.74) is 3.05. The molecule has 14 heteroatoms. The van der Waals surface area contributed by atoms with Crippen molar-refractivity contribution in [3.8, 4) is 11.1 Å². The monoisotopic (exact) mass is 641 g/mol. The highest BCUT2D eigenvalue weighted by atomic mass is 32.2. The van der Waals surface area contributed by atoms with Crippen LogP contribution < -0.4 is 5.32 Å². The summed E-state index contributed by atoms with van der Waals surface area (Å²) < 4.78 is 43.0. The van der Waals surface area contributed by atoms with Gasteiger partial charge in [0.25, 0.3) is 5.91 Å². The Kier molecular flexibility index (Phi) is 10.4. The molecular weight excluding hydrogens is 606 g/mol. The summed E-state index contributed by atoms with van der Waals surface area (Å²) in [5, 5.41) is 9.68. The van der Waals surface area contributed by atoms with Crippen LogP contribution in [0.3, 0.4) is 0 Å². The minimum absolute atomic E-state index is 0.0207. The van der Waals surface area contributed by atoms with E-state index >= 15 is 0 Å². The fourth-order valence-electron chi connectivity index (χ4n) is 4.75. The van der Waals surface area contributed by atoms with Crippen molar-refractivity contribution < 1.29 is 31.9 Å². The van der Waals surface area contributed by atoms with Gasteiger partial charge in [0.05, 0.1) is 23.4 Å². The van der Waals surface area contributed by atoms with Crippen molar-refractivity contribution >= 4 is 43.2 Å². The fourth-order valence-corrected chi connectivity index (χ4v) is 7.28. The normalized spacial score (nSPS) is 14.5. The molecule has 0 spiro atoms. The topological polar surface area (TPSA) is 154 Å². The quantitative estimate of drug-likeness (QED) is 0.215. The lowest BCUT2D eigenvalue weighted by atomic mass is 10.0. The van der Waals surface area contributed by atoms with Gasteiger partial charge in [-0.15, -0.1) is 21.5 Å². The van der Waals surface area contributed by atoms with Crippen LogP contribution >= 0.6 is 11.3 Å². The number of amides is 2. The first-order valence-corrected chi connectivity index (χ1v) is 17.2. The lowest BCUT2D eigenvalue weighted by Gasteiger charge is -2.26. The molecular formula is C30H35N5O7S2. The molecule has 5 rings (SSSR count). The molecule has 1 aliphatic rings. The number of aromatic nitrogens is 3. The van der Waals surface area contributed by atoms with Gasteiger partial charge in [-0.05, 0) is 48.2 Å². The Hall–Kier alpha value is -3.72. The zero-order chi connectivity index (χ0) is 31.1. The van der Waals surface area contributed by atoms with E-state index in [0.29, 0.717) is 63.6 Å². The molecule has 2 aromatic heterocycles. The van der Waals surface area contributed by atoms with E-state index < -0.39 is 15.1 Å². The van der Waals surface area contributed by atoms with Crippen LogP contribution in [0.4, 0.5) is 0 Å².